The monoisotopic (exact) mass is 130 g/mol. The lowest BCUT2D eigenvalue weighted by Crippen LogP contribution is -2.08. The van der Waals surface area contributed by atoms with Gasteiger partial charge in [-0.3, -0.25) is 0 Å². The molecule has 0 saturated carbocycles. The van der Waals surface area contributed by atoms with E-state index >= 15 is 0 Å². The van der Waals surface area contributed by atoms with Gasteiger partial charge in [-0.2, -0.15) is 4.98 Å². The molecule has 0 amide bonds. The van der Waals surface area contributed by atoms with Gasteiger partial charge in [0.15, 0.2) is 12.0 Å². The second kappa shape index (κ2) is 1.79. The summed E-state index contributed by atoms with van der Waals surface area (Å²) >= 11 is 0. The molecule has 3 nitrogen and oxygen atoms in total. The van der Waals surface area contributed by atoms with Crippen LogP contribution in [0.4, 0.5) is 4.39 Å². The Morgan fingerprint density at radius 2 is 2.33 bits per heavy atom. The molecule has 1 heterocycles. The number of halogens is 1. The Morgan fingerprint density at radius 1 is 1.67 bits per heavy atom. The summed E-state index contributed by atoms with van der Waals surface area (Å²) in [6.45, 7) is 2.72. The summed E-state index contributed by atoms with van der Waals surface area (Å²) in [5, 5.41) is 3.26. The third kappa shape index (κ3) is 1.25. The minimum atomic E-state index is -1.52. The molecule has 4 heteroatoms. The zero-order valence-corrected chi connectivity index (χ0v) is 5.26. The van der Waals surface area contributed by atoms with Crippen LogP contribution in [0.2, 0.25) is 0 Å². The first-order chi connectivity index (χ1) is 4.11. The molecule has 0 aromatic carbocycles. The summed E-state index contributed by atoms with van der Waals surface area (Å²) in [6, 6.07) is 0. The summed E-state index contributed by atoms with van der Waals surface area (Å²) in [6.07, 6.45) is 1.18. The van der Waals surface area contributed by atoms with Gasteiger partial charge in [0.2, 0.25) is 0 Å². The second-order valence-electron chi connectivity index (χ2n) is 2.22. The highest BCUT2D eigenvalue weighted by molar-refractivity contribution is 4.88. The Balaban J connectivity index is 2.90. The van der Waals surface area contributed by atoms with Crippen LogP contribution in [-0.2, 0) is 5.67 Å². The van der Waals surface area contributed by atoms with Gasteiger partial charge in [-0.1, -0.05) is 5.16 Å². The summed E-state index contributed by atoms with van der Waals surface area (Å²) in [7, 11) is 0. The lowest BCUT2D eigenvalue weighted by molar-refractivity contribution is 0.155. The summed E-state index contributed by atoms with van der Waals surface area (Å²) < 4.78 is 17.2. The number of nitrogens with zero attached hydrogens (tertiary/aromatic N) is 2. The van der Waals surface area contributed by atoms with Crippen LogP contribution >= 0.6 is 0 Å². The first-order valence-electron chi connectivity index (χ1n) is 2.57. The molecule has 1 aromatic heterocycles. The maximum absolute atomic E-state index is 12.8. The van der Waals surface area contributed by atoms with Crippen LogP contribution in [0.25, 0.3) is 0 Å². The standard InChI is InChI=1S/C5H7FN2O/c1-5(2,6)4-7-3-8-9-4/h3H,1-2H3. The van der Waals surface area contributed by atoms with E-state index in [-0.39, 0.29) is 5.89 Å². The van der Waals surface area contributed by atoms with E-state index in [0.717, 1.165) is 0 Å². The summed E-state index contributed by atoms with van der Waals surface area (Å²) in [4.78, 5) is 3.53. The van der Waals surface area contributed by atoms with Gasteiger partial charge in [0.25, 0.3) is 5.89 Å². The van der Waals surface area contributed by atoms with E-state index in [4.69, 9.17) is 0 Å². The minimum absolute atomic E-state index is 0.0162. The molecule has 0 bridgehead atoms. The Labute approximate surface area is 51.9 Å². The highest BCUT2D eigenvalue weighted by Crippen LogP contribution is 2.20. The van der Waals surface area contributed by atoms with Crippen molar-refractivity contribution < 1.29 is 8.91 Å². The van der Waals surface area contributed by atoms with Crippen LogP contribution in [0, 0.1) is 0 Å². The van der Waals surface area contributed by atoms with Gasteiger partial charge < -0.3 is 4.52 Å². The van der Waals surface area contributed by atoms with Crippen molar-refractivity contribution in [1.82, 2.24) is 10.1 Å². The van der Waals surface area contributed by atoms with Crippen molar-refractivity contribution in [3.8, 4) is 0 Å². The fourth-order valence-electron chi connectivity index (χ4n) is 0.435. The molecule has 0 atom stereocenters. The SMILES string of the molecule is CC(C)(F)c1ncno1. The van der Waals surface area contributed by atoms with E-state index in [2.05, 4.69) is 14.7 Å². The number of alkyl halides is 1. The first-order valence-corrected chi connectivity index (χ1v) is 2.57. The molecular formula is C5H7FN2O. The second-order valence-corrected chi connectivity index (χ2v) is 2.22. The number of rotatable bonds is 1. The van der Waals surface area contributed by atoms with E-state index in [9.17, 15) is 4.39 Å². The molecule has 50 valence electrons. The van der Waals surface area contributed by atoms with E-state index < -0.39 is 5.67 Å². The maximum Gasteiger partial charge on any atom is 0.263 e. The van der Waals surface area contributed by atoms with Gasteiger partial charge in [0.1, 0.15) is 0 Å². The Kier molecular flexibility index (Phi) is 1.23. The fourth-order valence-corrected chi connectivity index (χ4v) is 0.435. The average molecular weight is 130 g/mol. The highest BCUT2D eigenvalue weighted by atomic mass is 19.1. The van der Waals surface area contributed by atoms with E-state index in [1.165, 1.54) is 20.2 Å². The molecular weight excluding hydrogens is 123 g/mol. The van der Waals surface area contributed by atoms with Crippen LogP contribution < -0.4 is 0 Å². The molecule has 0 fully saturated rings. The highest BCUT2D eigenvalue weighted by Gasteiger charge is 2.24. The number of aromatic nitrogens is 2. The lowest BCUT2D eigenvalue weighted by atomic mass is 10.2. The van der Waals surface area contributed by atoms with Crippen molar-refractivity contribution in [3.05, 3.63) is 12.2 Å². The van der Waals surface area contributed by atoms with E-state index in [0.29, 0.717) is 0 Å². The summed E-state index contributed by atoms with van der Waals surface area (Å²) in [5.74, 6) is 0.0162. The normalized spacial score (nSPS) is 11.9. The molecule has 0 N–H and O–H groups in total. The van der Waals surface area contributed by atoms with Crippen LogP contribution in [-0.4, -0.2) is 10.1 Å². The molecule has 0 aliphatic rings. The van der Waals surface area contributed by atoms with E-state index in [1.807, 2.05) is 0 Å². The fraction of sp³-hybridized carbons (Fsp3) is 0.600. The van der Waals surface area contributed by atoms with Crippen molar-refractivity contribution in [3.63, 3.8) is 0 Å². The van der Waals surface area contributed by atoms with Crippen molar-refractivity contribution in [2.24, 2.45) is 0 Å². The van der Waals surface area contributed by atoms with Gasteiger partial charge in [-0.05, 0) is 13.8 Å². The molecule has 1 rings (SSSR count). The molecule has 0 spiro atoms. The van der Waals surface area contributed by atoms with Gasteiger partial charge in [0.05, 0.1) is 0 Å². The van der Waals surface area contributed by atoms with Crippen LogP contribution in [0.3, 0.4) is 0 Å². The van der Waals surface area contributed by atoms with E-state index in [1.54, 1.807) is 0 Å². The number of hydrogen-bond acceptors (Lipinski definition) is 3. The topological polar surface area (TPSA) is 38.9 Å². The lowest BCUT2D eigenvalue weighted by Gasteiger charge is -2.05. The zero-order valence-electron chi connectivity index (χ0n) is 5.26. The zero-order chi connectivity index (χ0) is 6.91. The predicted octanol–water partition coefficient (Wildman–Crippen LogP) is 1.27. The van der Waals surface area contributed by atoms with Gasteiger partial charge >= 0.3 is 0 Å². The predicted molar refractivity (Wildman–Crippen MR) is 28.4 cm³/mol. The van der Waals surface area contributed by atoms with Crippen molar-refractivity contribution >= 4 is 0 Å². The van der Waals surface area contributed by atoms with Crippen LogP contribution in [0.1, 0.15) is 19.7 Å². The molecule has 0 aliphatic carbocycles. The van der Waals surface area contributed by atoms with Crippen LogP contribution in [0.15, 0.2) is 10.9 Å². The first kappa shape index (κ1) is 6.19. The Bertz CT molecular complexity index is 177. The molecule has 0 unspecified atom stereocenters. The third-order valence-corrected chi connectivity index (χ3v) is 0.870. The third-order valence-electron chi connectivity index (χ3n) is 0.870. The molecule has 1 aromatic rings. The largest absolute Gasteiger partial charge is 0.336 e. The molecule has 0 aliphatic heterocycles. The quantitative estimate of drug-likeness (QED) is 0.574. The molecule has 0 saturated heterocycles. The molecule has 9 heavy (non-hydrogen) atoms. The molecule has 0 radical (unpaired) electrons. The van der Waals surface area contributed by atoms with Gasteiger partial charge in [0, 0.05) is 0 Å². The Hall–Kier alpha value is -0.930. The van der Waals surface area contributed by atoms with Gasteiger partial charge in [-0.25, -0.2) is 4.39 Å². The Morgan fingerprint density at radius 3 is 2.56 bits per heavy atom. The maximum atomic E-state index is 12.8. The average Bonchev–Trinajstić information content (AvgIpc) is 2.08. The van der Waals surface area contributed by atoms with Gasteiger partial charge in [-0.15, -0.1) is 0 Å². The van der Waals surface area contributed by atoms with Crippen molar-refractivity contribution in [2.45, 2.75) is 19.5 Å². The van der Waals surface area contributed by atoms with Crippen molar-refractivity contribution in [2.75, 3.05) is 0 Å². The van der Waals surface area contributed by atoms with Crippen LogP contribution in [0.5, 0.6) is 0 Å². The number of hydrogen-bond donors (Lipinski definition) is 0. The smallest absolute Gasteiger partial charge is 0.263 e. The summed E-state index contributed by atoms with van der Waals surface area (Å²) in [5.41, 5.74) is -1.52. The minimum Gasteiger partial charge on any atom is -0.336 e. The van der Waals surface area contributed by atoms with Crippen molar-refractivity contribution in [1.29, 1.82) is 0 Å².